The van der Waals surface area contributed by atoms with Crippen LogP contribution in [-0.2, 0) is 13.9 Å². The highest BCUT2D eigenvalue weighted by Gasteiger charge is 2.60. The van der Waals surface area contributed by atoms with Crippen LogP contribution in [0.4, 0.5) is 0 Å². The zero-order valence-electron chi connectivity index (χ0n) is 15.3. The Balaban J connectivity index is 1.53. The molecule has 4 saturated carbocycles. The van der Waals surface area contributed by atoms with Gasteiger partial charge in [0, 0.05) is 11.8 Å². The van der Waals surface area contributed by atoms with Gasteiger partial charge in [0.15, 0.2) is 0 Å². The fourth-order valence-corrected chi connectivity index (χ4v) is 7.86. The fraction of sp³-hybridized carbons (Fsp3) is 0.947. The van der Waals surface area contributed by atoms with Crippen molar-refractivity contribution in [3.63, 3.8) is 0 Å². The van der Waals surface area contributed by atoms with Crippen LogP contribution < -0.4 is 0 Å². The Morgan fingerprint density at radius 1 is 1.04 bits per heavy atom. The summed E-state index contributed by atoms with van der Waals surface area (Å²) in [4.78, 5) is 30.7. The van der Waals surface area contributed by atoms with Gasteiger partial charge >= 0.3 is 7.82 Å². The maximum Gasteiger partial charge on any atom is 0.469 e. The zero-order valence-corrected chi connectivity index (χ0v) is 16.2. The maximum absolute atomic E-state index is 12.5. The first-order chi connectivity index (χ1) is 11.6. The Morgan fingerprint density at radius 2 is 1.80 bits per heavy atom. The van der Waals surface area contributed by atoms with Crippen molar-refractivity contribution < 1.29 is 23.7 Å². The molecule has 142 valence electrons. The van der Waals surface area contributed by atoms with Crippen LogP contribution in [0.5, 0.6) is 0 Å². The lowest BCUT2D eigenvalue weighted by Gasteiger charge is -2.60. The molecule has 0 spiro atoms. The Bertz CT molecular complexity index is 615. The van der Waals surface area contributed by atoms with E-state index in [1.165, 1.54) is 6.42 Å². The van der Waals surface area contributed by atoms with Crippen LogP contribution in [0.15, 0.2) is 0 Å². The summed E-state index contributed by atoms with van der Waals surface area (Å²) in [7, 11) is -4.40. The van der Waals surface area contributed by atoms with Crippen molar-refractivity contribution in [1.29, 1.82) is 0 Å². The number of carbonyl (C=O) groups is 1. The van der Waals surface area contributed by atoms with Crippen LogP contribution in [0.1, 0.15) is 71.6 Å². The molecule has 0 aliphatic heterocycles. The Hall–Kier alpha value is -0.220. The first-order valence-electron chi connectivity index (χ1n) is 9.91. The summed E-state index contributed by atoms with van der Waals surface area (Å²) in [5.74, 6) is 2.85. The Morgan fingerprint density at radius 3 is 2.52 bits per heavy atom. The summed E-state index contributed by atoms with van der Waals surface area (Å²) in [5, 5.41) is 0. The highest BCUT2D eigenvalue weighted by atomic mass is 31.2. The van der Waals surface area contributed by atoms with Crippen molar-refractivity contribution in [1.82, 2.24) is 0 Å². The molecule has 0 amide bonds. The highest BCUT2D eigenvalue weighted by molar-refractivity contribution is 7.46. The summed E-state index contributed by atoms with van der Waals surface area (Å²) < 4.78 is 16.2. The number of phosphoric acid groups is 1. The van der Waals surface area contributed by atoms with Crippen LogP contribution in [0.2, 0.25) is 0 Å². The summed E-state index contributed by atoms with van der Waals surface area (Å²) in [6, 6.07) is 0. The molecule has 0 aromatic rings. The molecule has 0 aromatic carbocycles. The van der Waals surface area contributed by atoms with E-state index in [1.807, 2.05) is 0 Å². The van der Waals surface area contributed by atoms with E-state index in [1.54, 1.807) is 0 Å². The van der Waals surface area contributed by atoms with Gasteiger partial charge in [-0.05, 0) is 80.5 Å². The fourth-order valence-electron chi connectivity index (χ4n) is 7.28. The summed E-state index contributed by atoms with van der Waals surface area (Å²) in [5.41, 5.74) is 0.162. The van der Waals surface area contributed by atoms with Crippen molar-refractivity contribution in [2.24, 2.45) is 34.5 Å². The van der Waals surface area contributed by atoms with Gasteiger partial charge in [-0.15, -0.1) is 0 Å². The number of Topliss-reactive ketones (excluding diaryl/α,β-unsaturated/α-hetero) is 1. The molecule has 0 heterocycles. The van der Waals surface area contributed by atoms with E-state index < -0.39 is 7.82 Å². The van der Waals surface area contributed by atoms with Crippen LogP contribution in [0.3, 0.4) is 0 Å². The average molecular weight is 370 g/mol. The van der Waals surface area contributed by atoms with Crippen LogP contribution in [0, 0.1) is 34.5 Å². The second-order valence-electron chi connectivity index (χ2n) is 9.57. The molecule has 0 aromatic heterocycles. The third-order valence-corrected chi connectivity index (χ3v) is 9.19. The molecular formula is C19H31O5P. The van der Waals surface area contributed by atoms with E-state index in [-0.39, 0.29) is 16.9 Å². The molecule has 25 heavy (non-hydrogen) atoms. The van der Waals surface area contributed by atoms with Crippen LogP contribution >= 0.6 is 7.82 Å². The standard InChI is InChI=1S/C19H31O5P/c1-18-9-7-13(24-25(21,22)23)11-12(18)3-4-14-15-5-6-17(20)19(15,2)10-8-16(14)18/h12-16H,3-11H2,1-2H3,(H2,21,22,23)/t12?,13?,14?,15?,16?,18-,19-/m0/s1. The molecule has 4 rings (SSSR count). The Labute approximate surface area is 150 Å². The van der Waals surface area contributed by atoms with Gasteiger partial charge in [-0.2, -0.15) is 0 Å². The van der Waals surface area contributed by atoms with Gasteiger partial charge in [0.2, 0.25) is 0 Å². The lowest BCUT2D eigenvalue weighted by molar-refractivity contribution is -0.141. The van der Waals surface area contributed by atoms with Crippen LogP contribution in [0.25, 0.3) is 0 Å². The molecule has 5 nitrogen and oxygen atoms in total. The van der Waals surface area contributed by atoms with E-state index in [4.69, 9.17) is 14.3 Å². The molecule has 4 aliphatic rings. The first kappa shape index (κ1) is 18.2. The van der Waals surface area contributed by atoms with E-state index in [9.17, 15) is 9.36 Å². The van der Waals surface area contributed by atoms with Crippen molar-refractivity contribution >= 4 is 13.6 Å². The second-order valence-corrected chi connectivity index (χ2v) is 10.8. The van der Waals surface area contributed by atoms with E-state index in [0.717, 1.165) is 51.4 Å². The summed E-state index contributed by atoms with van der Waals surface area (Å²) in [6.45, 7) is 4.62. The Kier molecular flexibility index (Phi) is 4.28. The van der Waals surface area contributed by atoms with Crippen molar-refractivity contribution in [3.8, 4) is 0 Å². The molecule has 2 N–H and O–H groups in total. The maximum atomic E-state index is 12.5. The SMILES string of the molecule is C[C@]12CCC(OP(=O)(O)O)CC1CCC1C2CC[C@]2(C)C(=O)CCC12. The molecule has 4 aliphatic carbocycles. The number of ketones is 1. The number of hydrogen-bond acceptors (Lipinski definition) is 3. The topological polar surface area (TPSA) is 83.8 Å². The number of phosphoric ester groups is 1. The van der Waals surface area contributed by atoms with Crippen molar-refractivity contribution in [3.05, 3.63) is 0 Å². The minimum absolute atomic E-state index is 0.0783. The van der Waals surface area contributed by atoms with Gasteiger partial charge in [-0.25, -0.2) is 4.57 Å². The molecule has 5 unspecified atom stereocenters. The minimum Gasteiger partial charge on any atom is -0.303 e. The lowest BCUT2D eigenvalue weighted by Crippen LogP contribution is -2.54. The molecule has 6 heteroatoms. The van der Waals surface area contributed by atoms with Gasteiger partial charge in [-0.1, -0.05) is 13.8 Å². The molecule has 7 atom stereocenters. The van der Waals surface area contributed by atoms with E-state index in [0.29, 0.717) is 29.5 Å². The van der Waals surface area contributed by atoms with Crippen molar-refractivity contribution in [2.45, 2.75) is 77.7 Å². The number of rotatable bonds is 2. The average Bonchev–Trinajstić information content (AvgIpc) is 2.82. The monoisotopic (exact) mass is 370 g/mol. The number of carbonyl (C=O) groups excluding carboxylic acids is 1. The smallest absolute Gasteiger partial charge is 0.303 e. The molecule has 4 fully saturated rings. The molecule has 0 saturated heterocycles. The van der Waals surface area contributed by atoms with Gasteiger partial charge in [0.25, 0.3) is 0 Å². The number of hydrogen-bond donors (Lipinski definition) is 2. The predicted molar refractivity (Wildman–Crippen MR) is 93.7 cm³/mol. The summed E-state index contributed by atoms with van der Waals surface area (Å²) >= 11 is 0. The molecular weight excluding hydrogens is 339 g/mol. The van der Waals surface area contributed by atoms with Gasteiger partial charge in [0.05, 0.1) is 6.10 Å². The summed E-state index contributed by atoms with van der Waals surface area (Å²) in [6.07, 6.45) is 8.47. The normalized spacial score (nSPS) is 50.1. The van der Waals surface area contributed by atoms with Crippen LogP contribution in [-0.4, -0.2) is 21.7 Å². The van der Waals surface area contributed by atoms with E-state index in [2.05, 4.69) is 13.8 Å². The van der Waals surface area contributed by atoms with Gasteiger partial charge in [0.1, 0.15) is 5.78 Å². The second kappa shape index (κ2) is 5.89. The zero-order chi connectivity index (χ0) is 18.0. The minimum atomic E-state index is -4.40. The third kappa shape index (κ3) is 2.86. The highest BCUT2D eigenvalue weighted by Crippen LogP contribution is 2.65. The lowest BCUT2D eigenvalue weighted by atomic mass is 9.45. The first-order valence-corrected chi connectivity index (χ1v) is 11.4. The third-order valence-electron chi connectivity index (χ3n) is 8.61. The number of fused-ring (bicyclic) bond motifs is 5. The predicted octanol–water partition coefficient (Wildman–Crippen LogP) is 4.08. The largest absolute Gasteiger partial charge is 0.469 e. The van der Waals surface area contributed by atoms with Gasteiger partial charge in [-0.3, -0.25) is 9.32 Å². The molecule has 0 radical (unpaired) electrons. The quantitative estimate of drug-likeness (QED) is 0.716. The van der Waals surface area contributed by atoms with E-state index >= 15 is 0 Å². The molecule has 0 bridgehead atoms. The van der Waals surface area contributed by atoms with Crippen molar-refractivity contribution in [2.75, 3.05) is 0 Å². The van der Waals surface area contributed by atoms with Gasteiger partial charge < -0.3 is 9.79 Å².